The van der Waals surface area contributed by atoms with Gasteiger partial charge in [0, 0.05) is 6.04 Å². The minimum absolute atomic E-state index is 0.122. The molecule has 1 unspecified atom stereocenters. The minimum atomic E-state index is -2.86. The minimum Gasteiger partial charge on any atom is -0.323 e. The Morgan fingerprint density at radius 3 is 2.32 bits per heavy atom. The molecule has 2 saturated heterocycles. The number of sulfone groups is 1. The molecule has 5 nitrogen and oxygen atoms in total. The molecule has 6 heteroatoms. The molecule has 2 heterocycles. The van der Waals surface area contributed by atoms with Gasteiger partial charge in [-0.1, -0.05) is 12.8 Å². The standard InChI is InChI=1S/C13H22N2O3S/c16-12-9-14-13(10-3-1-2-4-10)15(12)11-5-7-19(17,18)8-6-11/h10-11,13-14H,1-9H2. The van der Waals surface area contributed by atoms with Gasteiger partial charge in [0.2, 0.25) is 5.91 Å². The lowest BCUT2D eigenvalue weighted by atomic mass is 10.0. The molecule has 0 aromatic rings. The van der Waals surface area contributed by atoms with Gasteiger partial charge in [-0.2, -0.15) is 0 Å². The van der Waals surface area contributed by atoms with Gasteiger partial charge in [0.25, 0.3) is 0 Å². The first kappa shape index (κ1) is 13.4. The van der Waals surface area contributed by atoms with Crippen molar-refractivity contribution < 1.29 is 13.2 Å². The van der Waals surface area contributed by atoms with E-state index >= 15 is 0 Å². The van der Waals surface area contributed by atoms with Gasteiger partial charge < -0.3 is 4.90 Å². The molecular weight excluding hydrogens is 264 g/mol. The quantitative estimate of drug-likeness (QED) is 0.803. The fourth-order valence-electron chi connectivity index (χ4n) is 3.79. The van der Waals surface area contributed by atoms with E-state index in [1.807, 2.05) is 4.90 Å². The van der Waals surface area contributed by atoms with Gasteiger partial charge in [-0.15, -0.1) is 0 Å². The van der Waals surface area contributed by atoms with Gasteiger partial charge >= 0.3 is 0 Å². The number of carbonyl (C=O) groups excluding carboxylic acids is 1. The molecule has 3 fully saturated rings. The zero-order valence-corrected chi connectivity index (χ0v) is 12.0. The number of carbonyl (C=O) groups is 1. The van der Waals surface area contributed by atoms with Gasteiger partial charge in [0.05, 0.1) is 24.2 Å². The zero-order valence-electron chi connectivity index (χ0n) is 11.2. The summed E-state index contributed by atoms with van der Waals surface area (Å²) in [6, 6.07) is 0.122. The molecule has 0 spiro atoms. The number of rotatable bonds is 2. The van der Waals surface area contributed by atoms with Crippen LogP contribution in [0.25, 0.3) is 0 Å². The van der Waals surface area contributed by atoms with Crippen LogP contribution in [0.4, 0.5) is 0 Å². The maximum absolute atomic E-state index is 12.1. The first-order valence-corrected chi connectivity index (χ1v) is 9.14. The van der Waals surface area contributed by atoms with Gasteiger partial charge in [0.15, 0.2) is 0 Å². The number of hydrogen-bond donors (Lipinski definition) is 1. The van der Waals surface area contributed by atoms with E-state index in [0.717, 1.165) is 0 Å². The third kappa shape index (κ3) is 2.65. The Kier molecular flexibility index (Phi) is 3.55. The number of nitrogens with zero attached hydrogens (tertiary/aromatic N) is 1. The molecule has 1 saturated carbocycles. The number of nitrogens with one attached hydrogen (secondary N) is 1. The van der Waals surface area contributed by atoms with Gasteiger partial charge in [0.1, 0.15) is 9.84 Å². The van der Waals surface area contributed by atoms with Crippen LogP contribution in [0, 0.1) is 5.92 Å². The van der Waals surface area contributed by atoms with Crippen molar-refractivity contribution in [3.05, 3.63) is 0 Å². The molecule has 1 amide bonds. The lowest BCUT2D eigenvalue weighted by Gasteiger charge is -2.37. The van der Waals surface area contributed by atoms with Crippen molar-refractivity contribution in [2.75, 3.05) is 18.1 Å². The van der Waals surface area contributed by atoms with E-state index in [9.17, 15) is 13.2 Å². The summed E-state index contributed by atoms with van der Waals surface area (Å²) in [5.41, 5.74) is 0. The molecule has 0 radical (unpaired) electrons. The summed E-state index contributed by atoms with van der Waals surface area (Å²) < 4.78 is 23.0. The second-order valence-corrected chi connectivity index (χ2v) is 8.36. The van der Waals surface area contributed by atoms with Crippen molar-refractivity contribution in [3.63, 3.8) is 0 Å². The van der Waals surface area contributed by atoms with E-state index < -0.39 is 9.84 Å². The molecule has 1 atom stereocenters. The van der Waals surface area contributed by atoms with Gasteiger partial charge in [-0.25, -0.2) is 8.42 Å². The maximum atomic E-state index is 12.1. The van der Waals surface area contributed by atoms with Crippen LogP contribution < -0.4 is 5.32 Å². The molecule has 0 aromatic carbocycles. The van der Waals surface area contributed by atoms with Crippen LogP contribution in [0.1, 0.15) is 38.5 Å². The second-order valence-electron chi connectivity index (χ2n) is 6.05. The highest BCUT2D eigenvalue weighted by atomic mass is 32.2. The van der Waals surface area contributed by atoms with E-state index in [1.54, 1.807) is 0 Å². The average molecular weight is 286 g/mol. The second kappa shape index (κ2) is 5.05. The highest BCUT2D eigenvalue weighted by Crippen LogP contribution is 2.33. The normalized spacial score (nSPS) is 33.2. The van der Waals surface area contributed by atoms with Crippen molar-refractivity contribution in [1.82, 2.24) is 10.2 Å². The van der Waals surface area contributed by atoms with E-state index in [0.29, 0.717) is 25.3 Å². The molecule has 0 bridgehead atoms. The summed E-state index contributed by atoms with van der Waals surface area (Å²) in [6.45, 7) is 0.421. The van der Waals surface area contributed by atoms with Crippen molar-refractivity contribution in [3.8, 4) is 0 Å². The highest BCUT2D eigenvalue weighted by Gasteiger charge is 2.42. The summed E-state index contributed by atoms with van der Waals surface area (Å²) in [6.07, 6.45) is 6.26. The van der Waals surface area contributed by atoms with Gasteiger partial charge in [-0.3, -0.25) is 10.1 Å². The van der Waals surface area contributed by atoms with Crippen molar-refractivity contribution in [2.45, 2.75) is 50.7 Å². The molecule has 19 heavy (non-hydrogen) atoms. The largest absolute Gasteiger partial charge is 0.323 e. The fraction of sp³-hybridized carbons (Fsp3) is 0.923. The monoisotopic (exact) mass is 286 g/mol. The van der Waals surface area contributed by atoms with Crippen LogP contribution >= 0.6 is 0 Å². The van der Waals surface area contributed by atoms with Crippen LogP contribution in [0.5, 0.6) is 0 Å². The van der Waals surface area contributed by atoms with Crippen molar-refractivity contribution >= 4 is 15.7 Å². The average Bonchev–Trinajstić information content (AvgIpc) is 2.98. The van der Waals surface area contributed by atoms with Crippen LogP contribution in [0.15, 0.2) is 0 Å². The SMILES string of the molecule is O=C1CNC(C2CCCC2)N1C1CCS(=O)(=O)CC1. The molecule has 108 valence electrons. The van der Waals surface area contributed by atoms with Crippen molar-refractivity contribution in [2.24, 2.45) is 5.92 Å². The van der Waals surface area contributed by atoms with E-state index in [2.05, 4.69) is 5.32 Å². The van der Waals surface area contributed by atoms with Crippen LogP contribution in [-0.4, -0.2) is 49.5 Å². The molecular formula is C13H22N2O3S. The Hall–Kier alpha value is -0.620. The maximum Gasteiger partial charge on any atom is 0.238 e. The summed E-state index contributed by atoms with van der Waals surface area (Å²) >= 11 is 0. The third-order valence-corrected chi connectivity index (χ3v) is 6.53. The molecule has 3 aliphatic rings. The predicted octanol–water partition coefficient (Wildman–Crippen LogP) is 0.512. The Morgan fingerprint density at radius 1 is 1.05 bits per heavy atom. The molecule has 2 aliphatic heterocycles. The number of amides is 1. The zero-order chi connectivity index (χ0) is 13.5. The number of hydrogen-bond acceptors (Lipinski definition) is 4. The van der Waals surface area contributed by atoms with Crippen LogP contribution in [-0.2, 0) is 14.6 Å². The lowest BCUT2D eigenvalue weighted by molar-refractivity contribution is -0.131. The van der Waals surface area contributed by atoms with E-state index in [1.165, 1.54) is 25.7 Å². The Balaban J connectivity index is 1.71. The highest BCUT2D eigenvalue weighted by molar-refractivity contribution is 7.91. The molecule has 0 aromatic heterocycles. The predicted molar refractivity (Wildman–Crippen MR) is 72.3 cm³/mol. The first-order chi connectivity index (χ1) is 9.07. The summed E-state index contributed by atoms with van der Waals surface area (Å²) in [4.78, 5) is 14.1. The Morgan fingerprint density at radius 2 is 1.68 bits per heavy atom. The van der Waals surface area contributed by atoms with E-state index in [4.69, 9.17) is 0 Å². The first-order valence-electron chi connectivity index (χ1n) is 7.32. The fourth-order valence-corrected chi connectivity index (χ4v) is 5.26. The smallest absolute Gasteiger partial charge is 0.238 e. The summed E-state index contributed by atoms with van der Waals surface area (Å²) in [5.74, 6) is 1.18. The third-order valence-electron chi connectivity index (χ3n) is 4.81. The topological polar surface area (TPSA) is 66.5 Å². The van der Waals surface area contributed by atoms with Crippen LogP contribution in [0.3, 0.4) is 0 Å². The summed E-state index contributed by atoms with van der Waals surface area (Å²) in [5, 5.41) is 3.34. The molecule has 1 N–H and O–H groups in total. The van der Waals surface area contributed by atoms with Crippen molar-refractivity contribution in [1.29, 1.82) is 0 Å². The lowest BCUT2D eigenvalue weighted by Crippen LogP contribution is -2.50. The Bertz CT molecular complexity index is 443. The molecule has 3 rings (SSSR count). The summed E-state index contributed by atoms with van der Waals surface area (Å²) in [7, 11) is -2.86. The van der Waals surface area contributed by atoms with Gasteiger partial charge in [-0.05, 0) is 31.6 Å². The molecule has 1 aliphatic carbocycles. The Labute approximate surface area is 114 Å². The van der Waals surface area contributed by atoms with E-state index in [-0.39, 0.29) is 29.6 Å². The van der Waals surface area contributed by atoms with Crippen LogP contribution in [0.2, 0.25) is 0 Å².